The van der Waals surface area contributed by atoms with Crippen molar-refractivity contribution in [3.05, 3.63) is 22.8 Å². The molecule has 0 aliphatic carbocycles. The third kappa shape index (κ3) is 4.03. The number of halogens is 4. The van der Waals surface area contributed by atoms with Crippen LogP contribution in [0.4, 0.5) is 13.2 Å². The van der Waals surface area contributed by atoms with E-state index in [4.69, 9.17) is 11.6 Å². The predicted molar refractivity (Wildman–Crippen MR) is 97.9 cm³/mol. The number of rotatable bonds is 3. The van der Waals surface area contributed by atoms with Crippen molar-refractivity contribution in [2.24, 2.45) is 0 Å². The Morgan fingerprint density at radius 3 is 2.52 bits per heavy atom. The number of fused-ring (bicyclic) bond motifs is 1. The Bertz CT molecular complexity index is 847. The van der Waals surface area contributed by atoms with Crippen LogP contribution in [0.25, 0.3) is 5.65 Å². The number of piperidine rings is 1. The fraction of sp³-hybridized carbons (Fsp3) is 0.588. The number of likely N-dealkylation sites (tertiary alicyclic amines) is 1. The average molecular weight is 421 g/mol. The molecule has 0 radical (unpaired) electrons. The molecule has 148 valence electrons. The van der Waals surface area contributed by atoms with Crippen LogP contribution in [0, 0.1) is 0 Å². The van der Waals surface area contributed by atoms with Gasteiger partial charge >= 0.3 is 6.18 Å². The smallest absolute Gasteiger partial charge is 0.336 e. The van der Waals surface area contributed by atoms with Crippen LogP contribution in [0.1, 0.15) is 45.6 Å². The van der Waals surface area contributed by atoms with Crippen molar-refractivity contribution in [1.29, 1.82) is 0 Å². The van der Waals surface area contributed by atoms with E-state index in [0.717, 1.165) is 43.3 Å². The lowest BCUT2D eigenvalue weighted by Crippen LogP contribution is -2.50. The van der Waals surface area contributed by atoms with Crippen LogP contribution < -0.4 is 0 Å². The summed E-state index contributed by atoms with van der Waals surface area (Å²) in [5.74, 6) is -0.0467. The van der Waals surface area contributed by atoms with Gasteiger partial charge in [0.15, 0.2) is 10.8 Å². The van der Waals surface area contributed by atoms with Crippen molar-refractivity contribution in [3.63, 3.8) is 0 Å². The maximum absolute atomic E-state index is 13.1. The third-order valence-electron chi connectivity index (χ3n) is 4.83. The molecule has 2 aromatic heterocycles. The first kappa shape index (κ1) is 20.3. The summed E-state index contributed by atoms with van der Waals surface area (Å²) in [5.41, 5.74) is -0.759. The minimum absolute atomic E-state index is 0.0467. The lowest BCUT2D eigenvalue weighted by atomic mass is 9.97. The van der Waals surface area contributed by atoms with Crippen molar-refractivity contribution in [3.8, 4) is 0 Å². The van der Waals surface area contributed by atoms with Crippen LogP contribution in [0.5, 0.6) is 0 Å². The number of amides is 1. The highest BCUT2D eigenvalue weighted by atomic mass is 35.5. The van der Waals surface area contributed by atoms with E-state index in [-0.39, 0.29) is 33.8 Å². The van der Waals surface area contributed by atoms with Crippen LogP contribution in [-0.2, 0) is 11.0 Å². The van der Waals surface area contributed by atoms with Gasteiger partial charge in [-0.3, -0.25) is 9.20 Å². The maximum Gasteiger partial charge on any atom is 0.417 e. The minimum Gasteiger partial charge on any atom is -0.336 e. The molecule has 0 aromatic carbocycles. The normalized spacial score (nSPS) is 22.3. The van der Waals surface area contributed by atoms with E-state index in [9.17, 15) is 18.0 Å². The molecule has 0 N–H and O–H groups in total. The van der Waals surface area contributed by atoms with Crippen molar-refractivity contribution in [1.82, 2.24) is 19.5 Å². The fourth-order valence-corrected chi connectivity index (χ4v) is 4.57. The quantitative estimate of drug-likeness (QED) is 0.677. The number of thioether (sulfide) groups is 1. The molecule has 0 unspecified atom stereocenters. The van der Waals surface area contributed by atoms with Crippen LogP contribution in [-0.4, -0.2) is 42.7 Å². The van der Waals surface area contributed by atoms with Crippen molar-refractivity contribution in [2.45, 2.75) is 68.7 Å². The SMILES string of the molecule is C[C@H](Sc1nnc2c(Cl)cc(C(F)(F)F)cn12)C(=O)N1[C@@H](C)CCC[C@@H]1C. The molecule has 1 aliphatic rings. The van der Waals surface area contributed by atoms with Gasteiger partial charge in [-0.1, -0.05) is 23.4 Å². The zero-order valence-corrected chi connectivity index (χ0v) is 16.7. The number of carbonyl (C=O) groups is 1. The van der Waals surface area contributed by atoms with Gasteiger partial charge in [-0.2, -0.15) is 13.2 Å². The minimum atomic E-state index is -4.54. The van der Waals surface area contributed by atoms with E-state index in [2.05, 4.69) is 10.2 Å². The zero-order chi connectivity index (χ0) is 19.9. The van der Waals surface area contributed by atoms with Gasteiger partial charge in [0, 0.05) is 18.3 Å². The first-order valence-corrected chi connectivity index (χ1v) is 9.95. The third-order valence-corrected chi connectivity index (χ3v) is 6.16. The van der Waals surface area contributed by atoms with E-state index in [1.807, 2.05) is 18.7 Å². The van der Waals surface area contributed by atoms with Gasteiger partial charge in [0.25, 0.3) is 0 Å². The summed E-state index contributed by atoms with van der Waals surface area (Å²) in [6.45, 7) is 5.77. The second-order valence-corrected chi connectivity index (χ2v) is 8.60. The number of carbonyl (C=O) groups excluding carboxylic acids is 1. The monoisotopic (exact) mass is 420 g/mol. The largest absolute Gasteiger partial charge is 0.417 e. The second-order valence-electron chi connectivity index (χ2n) is 6.89. The van der Waals surface area contributed by atoms with E-state index < -0.39 is 17.0 Å². The Balaban J connectivity index is 1.87. The molecule has 27 heavy (non-hydrogen) atoms. The number of aromatic nitrogens is 3. The van der Waals surface area contributed by atoms with E-state index >= 15 is 0 Å². The highest BCUT2D eigenvalue weighted by molar-refractivity contribution is 8.00. The summed E-state index contributed by atoms with van der Waals surface area (Å²) in [6, 6.07) is 1.11. The zero-order valence-electron chi connectivity index (χ0n) is 15.1. The van der Waals surface area contributed by atoms with Gasteiger partial charge < -0.3 is 4.90 Å². The average Bonchev–Trinajstić information content (AvgIpc) is 2.97. The van der Waals surface area contributed by atoms with E-state index in [1.54, 1.807) is 6.92 Å². The Morgan fingerprint density at radius 1 is 1.30 bits per heavy atom. The number of hydrogen-bond acceptors (Lipinski definition) is 4. The fourth-order valence-electron chi connectivity index (χ4n) is 3.44. The van der Waals surface area contributed by atoms with Gasteiger partial charge in [0.05, 0.1) is 15.8 Å². The van der Waals surface area contributed by atoms with E-state index in [0.29, 0.717) is 0 Å². The molecule has 0 bridgehead atoms. The summed E-state index contributed by atoms with van der Waals surface area (Å²) in [4.78, 5) is 14.8. The Labute approximate surface area is 164 Å². The van der Waals surface area contributed by atoms with Gasteiger partial charge in [-0.25, -0.2) is 0 Å². The van der Waals surface area contributed by atoms with Crippen LogP contribution in [0.15, 0.2) is 17.4 Å². The number of pyridine rings is 1. The van der Waals surface area contributed by atoms with Crippen LogP contribution in [0.2, 0.25) is 5.02 Å². The molecule has 10 heteroatoms. The highest BCUT2D eigenvalue weighted by Gasteiger charge is 2.34. The Hall–Kier alpha value is -1.48. The van der Waals surface area contributed by atoms with Gasteiger partial charge in [-0.15, -0.1) is 10.2 Å². The molecular formula is C17H20ClF3N4OS. The molecule has 5 nitrogen and oxygen atoms in total. The van der Waals surface area contributed by atoms with Gasteiger partial charge in [-0.05, 0) is 46.1 Å². The van der Waals surface area contributed by atoms with Crippen molar-refractivity contribution in [2.75, 3.05) is 0 Å². The van der Waals surface area contributed by atoms with Gasteiger partial charge in [0.2, 0.25) is 5.91 Å². The highest BCUT2D eigenvalue weighted by Crippen LogP contribution is 2.34. The topological polar surface area (TPSA) is 50.5 Å². The number of alkyl halides is 3. The number of nitrogens with zero attached hydrogens (tertiary/aromatic N) is 4. The lowest BCUT2D eigenvalue weighted by molar-refractivity contribution is -0.138. The van der Waals surface area contributed by atoms with Crippen molar-refractivity contribution >= 4 is 34.9 Å². The molecule has 3 atom stereocenters. The second kappa shape index (κ2) is 7.50. The van der Waals surface area contributed by atoms with Crippen LogP contribution >= 0.6 is 23.4 Å². The van der Waals surface area contributed by atoms with E-state index in [1.165, 1.54) is 4.40 Å². The lowest BCUT2D eigenvalue weighted by Gasteiger charge is -2.40. The standard InChI is InChI=1S/C17H20ClF3N4OS/c1-9-5-4-6-10(2)25(9)15(26)11(3)27-16-23-22-14-13(18)7-12(8-24(14)16)17(19,20)21/h7-11H,4-6H2,1-3H3/t9-,10-,11-/m0/s1. The number of hydrogen-bond donors (Lipinski definition) is 0. The molecule has 1 aliphatic heterocycles. The molecule has 1 amide bonds. The summed E-state index contributed by atoms with van der Waals surface area (Å²) in [5, 5.41) is 7.36. The van der Waals surface area contributed by atoms with Crippen LogP contribution in [0.3, 0.4) is 0 Å². The molecular weight excluding hydrogens is 401 g/mol. The molecule has 0 spiro atoms. The van der Waals surface area contributed by atoms with Crippen molar-refractivity contribution < 1.29 is 18.0 Å². The first-order chi connectivity index (χ1) is 12.6. The molecule has 2 aromatic rings. The molecule has 3 rings (SSSR count). The van der Waals surface area contributed by atoms with Gasteiger partial charge in [0.1, 0.15) is 0 Å². The Morgan fingerprint density at radius 2 is 1.93 bits per heavy atom. The molecule has 1 saturated heterocycles. The summed E-state index contributed by atoms with van der Waals surface area (Å²) in [7, 11) is 0. The maximum atomic E-state index is 13.1. The summed E-state index contributed by atoms with van der Waals surface area (Å²) in [6.07, 6.45) is -0.643. The Kier molecular flexibility index (Phi) is 5.63. The first-order valence-electron chi connectivity index (χ1n) is 8.70. The predicted octanol–water partition coefficient (Wildman–Crippen LogP) is 4.67. The molecule has 1 fully saturated rings. The molecule has 0 saturated carbocycles. The summed E-state index contributed by atoms with van der Waals surface area (Å²) >= 11 is 7.02. The molecule has 3 heterocycles. The summed E-state index contributed by atoms with van der Waals surface area (Å²) < 4.78 is 40.4.